The zero-order valence-electron chi connectivity index (χ0n) is 14.2. The smallest absolute Gasteiger partial charge is 0.295 e. The summed E-state index contributed by atoms with van der Waals surface area (Å²) in [4.78, 5) is 36.7. The minimum atomic E-state index is -0.866. The van der Waals surface area contributed by atoms with Crippen molar-refractivity contribution >= 4 is 23.1 Å². The van der Waals surface area contributed by atoms with E-state index in [4.69, 9.17) is 5.73 Å². The van der Waals surface area contributed by atoms with Crippen LogP contribution in [0.2, 0.25) is 0 Å². The molecule has 0 aromatic heterocycles. The van der Waals surface area contributed by atoms with Gasteiger partial charge in [0.1, 0.15) is 5.76 Å². The first-order chi connectivity index (χ1) is 13.0. The molecule has 1 saturated heterocycles. The maximum absolute atomic E-state index is 12.6. The van der Waals surface area contributed by atoms with Gasteiger partial charge in [-0.3, -0.25) is 19.7 Å². The topological polar surface area (TPSA) is 127 Å². The number of nitro benzene ring substituents is 1. The van der Waals surface area contributed by atoms with Crippen LogP contribution in [0.15, 0.2) is 60.2 Å². The quantitative estimate of drug-likeness (QED) is 0.273. The molecule has 3 rings (SSSR count). The van der Waals surface area contributed by atoms with Crippen molar-refractivity contribution in [2.24, 2.45) is 5.73 Å². The average Bonchev–Trinajstić information content (AvgIpc) is 2.93. The fourth-order valence-electron chi connectivity index (χ4n) is 3.13. The predicted octanol–water partition coefficient (Wildman–Crippen LogP) is 1.98. The maximum atomic E-state index is 12.6. The molecule has 1 fully saturated rings. The van der Waals surface area contributed by atoms with Crippen LogP contribution >= 0.6 is 0 Å². The number of carbonyl (C=O) groups is 2. The van der Waals surface area contributed by atoms with Gasteiger partial charge in [0.25, 0.3) is 17.4 Å². The van der Waals surface area contributed by atoms with Gasteiger partial charge in [-0.2, -0.15) is 0 Å². The van der Waals surface area contributed by atoms with E-state index in [9.17, 15) is 24.8 Å². The molecule has 8 heteroatoms. The number of benzene rings is 2. The van der Waals surface area contributed by atoms with E-state index in [-0.39, 0.29) is 30.1 Å². The second kappa shape index (κ2) is 7.38. The summed E-state index contributed by atoms with van der Waals surface area (Å²) >= 11 is 0. The molecule has 1 heterocycles. The molecule has 0 bridgehead atoms. The van der Waals surface area contributed by atoms with Crippen LogP contribution in [0.1, 0.15) is 17.2 Å². The van der Waals surface area contributed by atoms with E-state index in [0.29, 0.717) is 11.1 Å². The van der Waals surface area contributed by atoms with Gasteiger partial charge >= 0.3 is 0 Å². The number of non-ortho nitro benzene ring substituents is 1. The van der Waals surface area contributed by atoms with E-state index in [1.165, 1.54) is 29.2 Å². The number of nitrogens with zero attached hydrogens (tertiary/aromatic N) is 2. The highest BCUT2D eigenvalue weighted by Gasteiger charge is 2.45. The minimum Gasteiger partial charge on any atom is -0.507 e. The number of amides is 1. The first-order valence-corrected chi connectivity index (χ1v) is 8.24. The summed E-state index contributed by atoms with van der Waals surface area (Å²) in [6, 6.07) is 13.1. The number of aliphatic hydroxyl groups excluding tert-OH is 1. The fourth-order valence-corrected chi connectivity index (χ4v) is 3.13. The number of ketones is 1. The predicted molar refractivity (Wildman–Crippen MR) is 97.6 cm³/mol. The highest BCUT2D eigenvalue weighted by molar-refractivity contribution is 6.46. The zero-order valence-corrected chi connectivity index (χ0v) is 14.2. The van der Waals surface area contributed by atoms with Crippen molar-refractivity contribution in [2.45, 2.75) is 6.04 Å². The van der Waals surface area contributed by atoms with Crippen LogP contribution in [0.4, 0.5) is 5.69 Å². The molecular weight excluding hydrogens is 350 g/mol. The lowest BCUT2D eigenvalue weighted by atomic mass is 9.95. The number of nitro groups is 1. The van der Waals surface area contributed by atoms with E-state index >= 15 is 0 Å². The summed E-state index contributed by atoms with van der Waals surface area (Å²) in [5, 5.41) is 21.6. The Hall–Kier alpha value is -3.52. The molecule has 3 N–H and O–H groups in total. The molecule has 0 aliphatic carbocycles. The Morgan fingerprint density at radius 2 is 1.74 bits per heavy atom. The summed E-state index contributed by atoms with van der Waals surface area (Å²) < 4.78 is 0. The van der Waals surface area contributed by atoms with Gasteiger partial charge < -0.3 is 15.7 Å². The zero-order chi connectivity index (χ0) is 19.6. The summed E-state index contributed by atoms with van der Waals surface area (Å²) in [5.74, 6) is -1.87. The van der Waals surface area contributed by atoms with Crippen molar-refractivity contribution in [3.05, 3.63) is 81.4 Å². The summed E-state index contributed by atoms with van der Waals surface area (Å²) in [6.07, 6.45) is 0. The summed E-state index contributed by atoms with van der Waals surface area (Å²) in [6.45, 7) is 0.236. The molecule has 1 aliphatic heterocycles. The largest absolute Gasteiger partial charge is 0.507 e. The summed E-state index contributed by atoms with van der Waals surface area (Å²) in [5.41, 5.74) is 6.28. The van der Waals surface area contributed by atoms with Gasteiger partial charge in [-0.1, -0.05) is 30.3 Å². The minimum absolute atomic E-state index is 0.0616. The normalized spacial score (nSPS) is 18.7. The van der Waals surface area contributed by atoms with Crippen molar-refractivity contribution in [1.82, 2.24) is 4.90 Å². The van der Waals surface area contributed by atoms with Gasteiger partial charge in [0.05, 0.1) is 16.5 Å². The Balaban J connectivity index is 2.16. The highest BCUT2D eigenvalue weighted by atomic mass is 16.6. The molecule has 1 aliphatic rings. The fraction of sp³-hybridized carbons (Fsp3) is 0.158. The lowest BCUT2D eigenvalue weighted by Gasteiger charge is -2.24. The Bertz CT molecular complexity index is 922. The number of likely N-dealkylation sites (tertiary alicyclic amines) is 1. The van der Waals surface area contributed by atoms with Gasteiger partial charge in [0.2, 0.25) is 0 Å². The number of Topliss-reactive ketones (excluding diaryl/α,β-unsaturated/α-hetero) is 1. The van der Waals surface area contributed by atoms with E-state index in [1.54, 1.807) is 30.3 Å². The van der Waals surface area contributed by atoms with Crippen LogP contribution in [-0.2, 0) is 9.59 Å². The van der Waals surface area contributed by atoms with Crippen molar-refractivity contribution < 1.29 is 19.6 Å². The Morgan fingerprint density at radius 3 is 2.30 bits per heavy atom. The highest BCUT2D eigenvalue weighted by Crippen LogP contribution is 2.39. The number of hydrogen-bond acceptors (Lipinski definition) is 6. The van der Waals surface area contributed by atoms with Crippen LogP contribution in [0.3, 0.4) is 0 Å². The second-order valence-corrected chi connectivity index (χ2v) is 6.00. The van der Waals surface area contributed by atoms with Gasteiger partial charge in [-0.15, -0.1) is 0 Å². The van der Waals surface area contributed by atoms with E-state index in [2.05, 4.69) is 0 Å². The van der Waals surface area contributed by atoms with Gasteiger partial charge in [-0.25, -0.2) is 0 Å². The SMILES string of the molecule is NCCN1C(=O)C(=O)C(=C(O)c2ccccc2)[C@H]1c1ccc([N+](=O)[O-])cc1. The van der Waals surface area contributed by atoms with Crippen molar-refractivity contribution in [3.63, 3.8) is 0 Å². The maximum Gasteiger partial charge on any atom is 0.295 e. The van der Waals surface area contributed by atoms with Crippen LogP contribution in [-0.4, -0.2) is 39.7 Å². The number of rotatable bonds is 5. The lowest BCUT2D eigenvalue weighted by Crippen LogP contribution is -2.34. The molecule has 27 heavy (non-hydrogen) atoms. The van der Waals surface area contributed by atoms with Crippen molar-refractivity contribution in [1.29, 1.82) is 0 Å². The molecule has 2 aromatic rings. The van der Waals surface area contributed by atoms with Crippen molar-refractivity contribution in [3.8, 4) is 0 Å². The Labute approximate surface area is 154 Å². The Morgan fingerprint density at radius 1 is 1.11 bits per heavy atom. The summed E-state index contributed by atoms with van der Waals surface area (Å²) in [7, 11) is 0. The third-order valence-electron chi connectivity index (χ3n) is 4.38. The molecule has 8 nitrogen and oxygen atoms in total. The molecule has 0 spiro atoms. The first kappa shape index (κ1) is 18.3. The second-order valence-electron chi connectivity index (χ2n) is 6.00. The molecule has 138 valence electrons. The van der Waals surface area contributed by atoms with Gasteiger partial charge in [0.15, 0.2) is 0 Å². The Kier molecular flexibility index (Phi) is 5.00. The lowest BCUT2D eigenvalue weighted by molar-refractivity contribution is -0.384. The molecule has 1 atom stereocenters. The number of carbonyl (C=O) groups excluding carboxylic acids is 2. The molecular formula is C19H17N3O5. The van der Waals surface area contributed by atoms with Crippen LogP contribution in [0.25, 0.3) is 5.76 Å². The van der Waals surface area contributed by atoms with Crippen LogP contribution in [0.5, 0.6) is 0 Å². The third-order valence-corrected chi connectivity index (χ3v) is 4.38. The van der Waals surface area contributed by atoms with Crippen LogP contribution < -0.4 is 5.73 Å². The van der Waals surface area contributed by atoms with Gasteiger partial charge in [-0.05, 0) is 17.7 Å². The third kappa shape index (κ3) is 3.30. The van der Waals surface area contributed by atoms with E-state index < -0.39 is 22.7 Å². The van der Waals surface area contributed by atoms with Crippen LogP contribution in [0, 0.1) is 10.1 Å². The molecule has 0 saturated carbocycles. The van der Waals surface area contributed by atoms with E-state index in [0.717, 1.165) is 0 Å². The number of aliphatic hydroxyl groups is 1. The average molecular weight is 367 g/mol. The van der Waals surface area contributed by atoms with E-state index in [1.807, 2.05) is 0 Å². The molecule has 1 amide bonds. The number of hydrogen-bond donors (Lipinski definition) is 2. The molecule has 0 radical (unpaired) electrons. The first-order valence-electron chi connectivity index (χ1n) is 8.24. The molecule has 0 unspecified atom stereocenters. The standard InChI is InChI=1S/C19H17N3O5/c20-10-11-21-16(12-6-8-14(9-7-12)22(26)27)15(18(24)19(21)25)17(23)13-4-2-1-3-5-13/h1-9,16,23H,10-11,20H2/t16-/m1/s1. The van der Waals surface area contributed by atoms with Crippen molar-refractivity contribution in [2.75, 3.05) is 13.1 Å². The van der Waals surface area contributed by atoms with Gasteiger partial charge in [0, 0.05) is 30.8 Å². The number of nitrogens with two attached hydrogens (primary N) is 1. The molecule has 2 aromatic carbocycles. The monoisotopic (exact) mass is 367 g/mol.